The molecule has 1 aromatic heterocycles. The van der Waals surface area contributed by atoms with Crippen LogP contribution < -0.4 is 0 Å². The van der Waals surface area contributed by atoms with Gasteiger partial charge in [-0.25, -0.2) is 8.42 Å². The first-order valence-corrected chi connectivity index (χ1v) is 12.4. The van der Waals surface area contributed by atoms with Gasteiger partial charge in [-0.05, 0) is 53.0 Å². The molecule has 0 bridgehead atoms. The van der Waals surface area contributed by atoms with E-state index in [1.165, 1.54) is 16.1 Å². The van der Waals surface area contributed by atoms with E-state index in [-0.39, 0.29) is 10.8 Å². The van der Waals surface area contributed by atoms with Gasteiger partial charge < -0.3 is 9.88 Å². The summed E-state index contributed by atoms with van der Waals surface area (Å²) in [6.45, 7) is 2.18. The van der Waals surface area contributed by atoms with Crippen LogP contribution in [-0.2, 0) is 23.0 Å². The molecule has 0 saturated carbocycles. The van der Waals surface area contributed by atoms with Crippen LogP contribution in [0.4, 0.5) is 0 Å². The molecule has 0 aliphatic carbocycles. The number of amides is 1. The van der Waals surface area contributed by atoms with Crippen LogP contribution in [0.3, 0.4) is 0 Å². The third-order valence-electron chi connectivity index (χ3n) is 6.04. The molecule has 3 aromatic rings. The maximum atomic E-state index is 13.4. The Hall–Kier alpha value is -2.16. The number of hydrogen-bond donors (Lipinski definition) is 1. The lowest BCUT2D eigenvalue weighted by Crippen LogP contribution is -2.36. The van der Waals surface area contributed by atoms with Crippen LogP contribution >= 0.6 is 15.9 Å². The number of benzene rings is 2. The minimum atomic E-state index is -3.57. The van der Waals surface area contributed by atoms with Crippen LogP contribution in [0.5, 0.6) is 0 Å². The highest BCUT2D eigenvalue weighted by molar-refractivity contribution is 9.10. The van der Waals surface area contributed by atoms with Gasteiger partial charge >= 0.3 is 0 Å². The molecule has 6 nitrogen and oxygen atoms in total. The zero-order chi connectivity index (χ0) is 20.9. The van der Waals surface area contributed by atoms with E-state index in [0.717, 1.165) is 35.7 Å². The molecular weight excluding hydrogens is 466 g/mol. The molecule has 1 fully saturated rings. The van der Waals surface area contributed by atoms with Crippen LogP contribution in [0.25, 0.3) is 10.9 Å². The SMILES string of the molecule is O=C(c1cc(S(=O)(=O)N2CCCC2)ccc1Br)N1CCc2[nH]c3ccccc3c2C1. The summed E-state index contributed by atoms with van der Waals surface area (Å²) >= 11 is 3.45. The maximum absolute atomic E-state index is 13.4. The van der Waals surface area contributed by atoms with Gasteiger partial charge in [0.25, 0.3) is 5.91 Å². The Balaban J connectivity index is 1.46. The van der Waals surface area contributed by atoms with Gasteiger partial charge in [0.2, 0.25) is 10.0 Å². The van der Waals surface area contributed by atoms with E-state index in [2.05, 4.69) is 27.0 Å². The molecule has 156 valence electrons. The van der Waals surface area contributed by atoms with Crippen molar-refractivity contribution < 1.29 is 13.2 Å². The fourth-order valence-corrected chi connectivity index (χ4v) is 6.38. The maximum Gasteiger partial charge on any atom is 0.255 e. The van der Waals surface area contributed by atoms with E-state index in [1.807, 2.05) is 18.2 Å². The lowest BCUT2D eigenvalue weighted by Gasteiger charge is -2.28. The summed E-state index contributed by atoms with van der Waals surface area (Å²) in [7, 11) is -3.57. The third kappa shape index (κ3) is 3.27. The standard InChI is InChI=1S/C22H22BrN3O3S/c23-19-8-7-15(30(28,29)26-10-3-4-11-26)13-17(19)22(27)25-12-9-21-18(14-25)16-5-1-2-6-20(16)24-21/h1-2,5-8,13,24H,3-4,9-12,14H2. The summed E-state index contributed by atoms with van der Waals surface area (Å²) < 4.78 is 28.0. The molecule has 2 aromatic carbocycles. The molecule has 0 spiro atoms. The molecular formula is C22H22BrN3O3S. The molecule has 1 N–H and O–H groups in total. The number of halogens is 1. The van der Waals surface area contributed by atoms with Gasteiger partial charge in [-0.2, -0.15) is 4.31 Å². The minimum absolute atomic E-state index is 0.156. The molecule has 2 aliphatic rings. The largest absolute Gasteiger partial charge is 0.358 e. The van der Waals surface area contributed by atoms with E-state index in [9.17, 15) is 13.2 Å². The van der Waals surface area contributed by atoms with Crippen molar-refractivity contribution in [2.24, 2.45) is 0 Å². The molecule has 0 radical (unpaired) electrons. The second-order valence-corrected chi connectivity index (χ2v) is 10.6. The van der Waals surface area contributed by atoms with E-state index in [4.69, 9.17) is 0 Å². The number of carbonyl (C=O) groups excluding carboxylic acids is 1. The van der Waals surface area contributed by atoms with Crippen LogP contribution in [0, 0.1) is 0 Å². The number of sulfonamides is 1. The fraction of sp³-hybridized carbons (Fsp3) is 0.318. The number of nitrogens with one attached hydrogen (secondary N) is 1. The van der Waals surface area contributed by atoms with Crippen LogP contribution in [0.1, 0.15) is 34.5 Å². The lowest BCUT2D eigenvalue weighted by atomic mass is 10.0. The Labute approximate surface area is 184 Å². The van der Waals surface area contributed by atoms with Crippen molar-refractivity contribution in [3.63, 3.8) is 0 Å². The Kier molecular flexibility index (Phi) is 4.95. The van der Waals surface area contributed by atoms with E-state index >= 15 is 0 Å². The van der Waals surface area contributed by atoms with Crippen molar-refractivity contribution in [2.45, 2.75) is 30.7 Å². The van der Waals surface area contributed by atoms with Crippen molar-refractivity contribution in [3.05, 3.63) is 63.8 Å². The minimum Gasteiger partial charge on any atom is -0.358 e. The van der Waals surface area contributed by atoms with Gasteiger partial charge in [0, 0.05) is 59.2 Å². The normalized spacial score (nSPS) is 17.4. The van der Waals surface area contributed by atoms with Gasteiger partial charge in [0.15, 0.2) is 0 Å². The van der Waals surface area contributed by atoms with Crippen molar-refractivity contribution in [1.29, 1.82) is 0 Å². The Bertz CT molecular complexity index is 1250. The first kappa shape index (κ1) is 19.8. The number of aromatic nitrogens is 1. The number of fused-ring (bicyclic) bond motifs is 3. The summed E-state index contributed by atoms with van der Waals surface area (Å²) in [5, 5.41) is 1.13. The average Bonchev–Trinajstić information content (AvgIpc) is 3.41. The highest BCUT2D eigenvalue weighted by atomic mass is 79.9. The van der Waals surface area contributed by atoms with E-state index < -0.39 is 10.0 Å². The number of nitrogens with zero attached hydrogens (tertiary/aromatic N) is 2. The summed E-state index contributed by atoms with van der Waals surface area (Å²) in [4.78, 5) is 18.8. The van der Waals surface area contributed by atoms with E-state index in [1.54, 1.807) is 17.0 Å². The number of hydrogen-bond acceptors (Lipinski definition) is 3. The topological polar surface area (TPSA) is 73.5 Å². The third-order valence-corrected chi connectivity index (χ3v) is 8.63. The second-order valence-electron chi connectivity index (χ2n) is 7.86. The number of rotatable bonds is 3. The molecule has 5 rings (SSSR count). The predicted molar refractivity (Wildman–Crippen MR) is 119 cm³/mol. The number of H-pyrrole nitrogens is 1. The number of carbonyl (C=O) groups is 1. The number of para-hydroxylation sites is 1. The van der Waals surface area contributed by atoms with Gasteiger partial charge in [-0.3, -0.25) is 4.79 Å². The highest BCUT2D eigenvalue weighted by Crippen LogP contribution is 2.31. The second kappa shape index (κ2) is 7.51. The molecule has 3 heterocycles. The van der Waals surface area contributed by atoms with Crippen molar-refractivity contribution >= 4 is 42.8 Å². The molecule has 8 heteroatoms. The zero-order valence-corrected chi connectivity index (χ0v) is 18.8. The summed E-state index contributed by atoms with van der Waals surface area (Å²) in [6, 6.07) is 12.9. The van der Waals surface area contributed by atoms with Crippen molar-refractivity contribution in [3.8, 4) is 0 Å². The smallest absolute Gasteiger partial charge is 0.255 e. The van der Waals surface area contributed by atoms with Gasteiger partial charge in [0.05, 0.1) is 10.5 Å². The lowest BCUT2D eigenvalue weighted by molar-refractivity contribution is 0.0734. The molecule has 0 unspecified atom stereocenters. The van der Waals surface area contributed by atoms with Gasteiger partial charge in [-0.15, -0.1) is 0 Å². The van der Waals surface area contributed by atoms with Crippen LogP contribution in [-0.4, -0.2) is 48.1 Å². The molecule has 2 aliphatic heterocycles. The molecule has 0 atom stereocenters. The van der Waals surface area contributed by atoms with Crippen molar-refractivity contribution in [2.75, 3.05) is 19.6 Å². The highest BCUT2D eigenvalue weighted by Gasteiger charge is 2.30. The fourth-order valence-electron chi connectivity index (χ4n) is 4.42. The Morgan fingerprint density at radius 3 is 2.60 bits per heavy atom. The molecule has 1 amide bonds. The first-order chi connectivity index (χ1) is 14.4. The van der Waals surface area contributed by atoms with Crippen molar-refractivity contribution in [1.82, 2.24) is 14.2 Å². The Morgan fingerprint density at radius 1 is 1.03 bits per heavy atom. The predicted octanol–water partition coefficient (Wildman–Crippen LogP) is 3.91. The number of aromatic amines is 1. The molecule has 30 heavy (non-hydrogen) atoms. The van der Waals surface area contributed by atoms with Crippen LogP contribution in [0.15, 0.2) is 51.8 Å². The van der Waals surface area contributed by atoms with Crippen LogP contribution in [0.2, 0.25) is 0 Å². The van der Waals surface area contributed by atoms with Gasteiger partial charge in [0.1, 0.15) is 0 Å². The quantitative estimate of drug-likeness (QED) is 0.608. The van der Waals surface area contributed by atoms with Gasteiger partial charge in [-0.1, -0.05) is 18.2 Å². The first-order valence-electron chi connectivity index (χ1n) is 10.1. The molecule has 1 saturated heterocycles. The summed E-state index contributed by atoms with van der Waals surface area (Å²) in [6.07, 6.45) is 2.50. The zero-order valence-electron chi connectivity index (χ0n) is 16.4. The van der Waals surface area contributed by atoms with E-state index in [0.29, 0.717) is 36.2 Å². The Morgan fingerprint density at radius 2 is 1.80 bits per heavy atom. The monoisotopic (exact) mass is 487 g/mol. The average molecular weight is 488 g/mol. The summed E-state index contributed by atoms with van der Waals surface area (Å²) in [5.41, 5.74) is 3.78. The summed E-state index contributed by atoms with van der Waals surface area (Å²) in [5.74, 6) is -0.156.